The first-order valence-corrected chi connectivity index (χ1v) is 6.75. The SMILES string of the molecule is CC(C)(CNc1ccn2nccc2n1)c1ccccc1. The van der Waals surface area contributed by atoms with Gasteiger partial charge in [0.15, 0.2) is 5.65 Å². The van der Waals surface area contributed by atoms with Crippen LogP contribution in [0.1, 0.15) is 19.4 Å². The van der Waals surface area contributed by atoms with Crippen LogP contribution in [-0.2, 0) is 5.41 Å². The van der Waals surface area contributed by atoms with Crippen LogP contribution in [0, 0.1) is 0 Å². The van der Waals surface area contributed by atoms with Crippen molar-refractivity contribution in [2.45, 2.75) is 19.3 Å². The van der Waals surface area contributed by atoms with Gasteiger partial charge in [0.1, 0.15) is 5.82 Å². The Labute approximate surface area is 118 Å². The monoisotopic (exact) mass is 266 g/mol. The Morgan fingerprint density at radius 2 is 1.90 bits per heavy atom. The highest BCUT2D eigenvalue weighted by Gasteiger charge is 2.20. The van der Waals surface area contributed by atoms with Crippen molar-refractivity contribution >= 4 is 11.5 Å². The molecule has 0 aliphatic heterocycles. The van der Waals surface area contributed by atoms with Gasteiger partial charge in [-0.2, -0.15) is 5.10 Å². The molecular formula is C16H18N4. The lowest BCUT2D eigenvalue weighted by Crippen LogP contribution is -2.27. The maximum Gasteiger partial charge on any atom is 0.157 e. The van der Waals surface area contributed by atoms with Crippen molar-refractivity contribution in [3.05, 3.63) is 60.4 Å². The largest absolute Gasteiger partial charge is 0.369 e. The predicted octanol–water partition coefficient (Wildman–Crippen LogP) is 3.12. The van der Waals surface area contributed by atoms with E-state index in [4.69, 9.17) is 0 Å². The fraction of sp³-hybridized carbons (Fsp3) is 0.250. The minimum Gasteiger partial charge on any atom is -0.369 e. The number of benzene rings is 1. The normalized spacial score (nSPS) is 11.7. The standard InChI is InChI=1S/C16H18N4/c1-16(2,13-6-4-3-5-7-13)12-17-14-9-11-20-15(19-14)8-10-18-20/h3-11H,12H2,1-2H3,(H,17,19). The lowest BCUT2D eigenvalue weighted by molar-refractivity contribution is 0.556. The highest BCUT2D eigenvalue weighted by molar-refractivity contribution is 5.46. The third kappa shape index (κ3) is 2.50. The zero-order valence-electron chi connectivity index (χ0n) is 11.7. The summed E-state index contributed by atoms with van der Waals surface area (Å²) in [6.07, 6.45) is 3.67. The minimum atomic E-state index is 0.0509. The van der Waals surface area contributed by atoms with Gasteiger partial charge in [-0.15, -0.1) is 0 Å². The van der Waals surface area contributed by atoms with Gasteiger partial charge in [0.25, 0.3) is 0 Å². The summed E-state index contributed by atoms with van der Waals surface area (Å²) >= 11 is 0. The number of hydrogen-bond donors (Lipinski definition) is 1. The summed E-state index contributed by atoms with van der Waals surface area (Å²) in [5.74, 6) is 0.877. The second kappa shape index (κ2) is 4.96. The summed E-state index contributed by atoms with van der Waals surface area (Å²) in [6.45, 7) is 5.29. The molecule has 0 radical (unpaired) electrons. The van der Waals surface area contributed by atoms with Crippen LogP contribution in [0.15, 0.2) is 54.9 Å². The molecular weight excluding hydrogens is 248 g/mol. The smallest absolute Gasteiger partial charge is 0.157 e. The summed E-state index contributed by atoms with van der Waals surface area (Å²) in [5.41, 5.74) is 2.22. The molecule has 0 saturated heterocycles. The van der Waals surface area contributed by atoms with Gasteiger partial charge in [-0.05, 0) is 11.6 Å². The van der Waals surface area contributed by atoms with Gasteiger partial charge < -0.3 is 5.32 Å². The molecule has 0 spiro atoms. The van der Waals surface area contributed by atoms with E-state index in [1.165, 1.54) is 5.56 Å². The van der Waals surface area contributed by atoms with Crippen LogP contribution in [0.25, 0.3) is 5.65 Å². The molecule has 1 aromatic carbocycles. The molecule has 0 aliphatic rings. The van der Waals surface area contributed by atoms with E-state index in [1.807, 2.05) is 24.4 Å². The number of anilines is 1. The van der Waals surface area contributed by atoms with Crippen molar-refractivity contribution in [3.8, 4) is 0 Å². The zero-order valence-corrected chi connectivity index (χ0v) is 11.7. The minimum absolute atomic E-state index is 0.0509. The Bertz CT molecular complexity index is 701. The second-order valence-corrected chi connectivity index (χ2v) is 5.55. The molecule has 20 heavy (non-hydrogen) atoms. The molecule has 0 atom stereocenters. The summed E-state index contributed by atoms with van der Waals surface area (Å²) in [4.78, 5) is 4.52. The van der Waals surface area contributed by atoms with Crippen molar-refractivity contribution in [1.29, 1.82) is 0 Å². The summed E-state index contributed by atoms with van der Waals surface area (Å²) < 4.78 is 1.76. The molecule has 2 aromatic heterocycles. The number of nitrogens with zero attached hydrogens (tertiary/aromatic N) is 3. The Morgan fingerprint density at radius 1 is 1.10 bits per heavy atom. The molecule has 0 unspecified atom stereocenters. The molecule has 3 aromatic rings. The van der Waals surface area contributed by atoms with Crippen LogP contribution in [0.2, 0.25) is 0 Å². The van der Waals surface area contributed by atoms with Gasteiger partial charge in [-0.3, -0.25) is 0 Å². The van der Waals surface area contributed by atoms with Gasteiger partial charge >= 0.3 is 0 Å². The topological polar surface area (TPSA) is 42.2 Å². The van der Waals surface area contributed by atoms with Gasteiger partial charge in [-0.1, -0.05) is 44.2 Å². The third-order valence-electron chi connectivity index (χ3n) is 3.52. The Balaban J connectivity index is 1.75. The molecule has 0 bridgehead atoms. The van der Waals surface area contributed by atoms with Crippen molar-refractivity contribution < 1.29 is 0 Å². The van der Waals surface area contributed by atoms with E-state index in [2.05, 4.69) is 53.5 Å². The maximum absolute atomic E-state index is 4.52. The average Bonchev–Trinajstić information content (AvgIpc) is 2.94. The molecule has 102 valence electrons. The van der Waals surface area contributed by atoms with Crippen molar-refractivity contribution in [2.75, 3.05) is 11.9 Å². The Hall–Kier alpha value is -2.36. The number of nitrogens with one attached hydrogen (secondary N) is 1. The highest BCUT2D eigenvalue weighted by Crippen LogP contribution is 2.23. The van der Waals surface area contributed by atoms with Crippen molar-refractivity contribution in [3.63, 3.8) is 0 Å². The van der Waals surface area contributed by atoms with Crippen LogP contribution < -0.4 is 5.32 Å². The maximum atomic E-state index is 4.52. The summed E-state index contributed by atoms with van der Waals surface area (Å²) in [7, 11) is 0. The van der Waals surface area contributed by atoms with E-state index in [-0.39, 0.29) is 5.41 Å². The quantitative estimate of drug-likeness (QED) is 0.789. The molecule has 0 aliphatic carbocycles. The number of aromatic nitrogens is 3. The number of fused-ring (bicyclic) bond motifs is 1. The number of hydrogen-bond acceptors (Lipinski definition) is 3. The van der Waals surface area contributed by atoms with Crippen molar-refractivity contribution in [2.24, 2.45) is 0 Å². The molecule has 0 fully saturated rings. The predicted molar refractivity (Wildman–Crippen MR) is 80.9 cm³/mol. The first kappa shape index (κ1) is 12.7. The van der Waals surface area contributed by atoms with Crippen LogP contribution in [0.3, 0.4) is 0 Å². The highest BCUT2D eigenvalue weighted by atomic mass is 15.2. The average molecular weight is 266 g/mol. The first-order valence-electron chi connectivity index (χ1n) is 6.75. The second-order valence-electron chi connectivity index (χ2n) is 5.55. The zero-order chi connectivity index (χ0) is 14.0. The van der Waals surface area contributed by atoms with E-state index in [0.717, 1.165) is 18.0 Å². The molecule has 3 rings (SSSR count). The molecule has 4 nitrogen and oxygen atoms in total. The van der Waals surface area contributed by atoms with E-state index in [1.54, 1.807) is 10.7 Å². The van der Waals surface area contributed by atoms with Crippen molar-refractivity contribution in [1.82, 2.24) is 14.6 Å². The van der Waals surface area contributed by atoms with Gasteiger partial charge in [0.2, 0.25) is 0 Å². The lowest BCUT2D eigenvalue weighted by Gasteiger charge is -2.25. The van der Waals surface area contributed by atoms with Crippen LogP contribution >= 0.6 is 0 Å². The van der Waals surface area contributed by atoms with E-state index >= 15 is 0 Å². The van der Waals surface area contributed by atoms with Gasteiger partial charge in [0.05, 0.1) is 6.20 Å². The molecule has 4 heteroatoms. The van der Waals surface area contributed by atoms with E-state index in [0.29, 0.717) is 0 Å². The van der Waals surface area contributed by atoms with Gasteiger partial charge in [0, 0.05) is 24.2 Å². The lowest BCUT2D eigenvalue weighted by atomic mass is 9.85. The molecule has 2 heterocycles. The molecule has 0 amide bonds. The Kier molecular flexibility index (Phi) is 3.14. The fourth-order valence-electron chi connectivity index (χ4n) is 2.21. The molecule has 0 saturated carbocycles. The van der Waals surface area contributed by atoms with Crippen LogP contribution in [-0.4, -0.2) is 21.1 Å². The first-order chi connectivity index (χ1) is 9.65. The number of rotatable bonds is 4. The van der Waals surface area contributed by atoms with E-state index < -0.39 is 0 Å². The van der Waals surface area contributed by atoms with Crippen LogP contribution in [0.5, 0.6) is 0 Å². The van der Waals surface area contributed by atoms with Gasteiger partial charge in [-0.25, -0.2) is 9.50 Å². The Morgan fingerprint density at radius 3 is 2.70 bits per heavy atom. The van der Waals surface area contributed by atoms with E-state index in [9.17, 15) is 0 Å². The summed E-state index contributed by atoms with van der Waals surface area (Å²) in [5, 5.41) is 7.56. The van der Waals surface area contributed by atoms with Crippen LogP contribution in [0.4, 0.5) is 5.82 Å². The molecule has 1 N–H and O–H groups in total. The third-order valence-corrected chi connectivity index (χ3v) is 3.52. The summed E-state index contributed by atoms with van der Waals surface area (Å²) in [6, 6.07) is 14.4. The fourth-order valence-corrected chi connectivity index (χ4v) is 2.21.